The maximum Gasteiger partial charge on any atom is 0.234 e. The van der Waals surface area contributed by atoms with E-state index in [4.69, 9.17) is 0 Å². The smallest absolute Gasteiger partial charge is 0.234 e. The van der Waals surface area contributed by atoms with Crippen molar-refractivity contribution in [3.05, 3.63) is 122 Å². The molecule has 4 aromatic carbocycles. The van der Waals surface area contributed by atoms with Crippen molar-refractivity contribution < 1.29 is 0 Å². The molecule has 160 valence electrons. The summed E-state index contributed by atoms with van der Waals surface area (Å²) in [5.74, 6) is 0.667. The van der Waals surface area contributed by atoms with E-state index < -0.39 is 0 Å². The monoisotopic (exact) mass is 436 g/mol. The normalized spacial score (nSPS) is 11.5. The lowest BCUT2D eigenvalue weighted by Crippen LogP contribution is -1.99. The van der Waals surface area contributed by atoms with Crippen LogP contribution in [0.15, 0.2) is 122 Å². The molecule has 0 amide bonds. The Bertz CT molecular complexity index is 1780. The molecule has 0 aliphatic heterocycles. The second kappa shape index (κ2) is 7.42. The summed E-state index contributed by atoms with van der Waals surface area (Å²) in [6.07, 6.45) is 5.84. The van der Waals surface area contributed by atoms with Gasteiger partial charge in [-0.15, -0.1) is 0 Å². The van der Waals surface area contributed by atoms with Crippen LogP contribution in [0.3, 0.4) is 0 Å². The highest BCUT2D eigenvalue weighted by Crippen LogP contribution is 2.35. The third-order valence-electron chi connectivity index (χ3n) is 6.46. The Kier molecular flexibility index (Phi) is 4.11. The van der Waals surface area contributed by atoms with Gasteiger partial charge in [-0.05, 0) is 42.0 Å². The zero-order chi connectivity index (χ0) is 22.5. The number of benzene rings is 4. The van der Waals surface area contributed by atoms with Crippen LogP contribution in [0.4, 0.5) is 0 Å². The first-order valence-corrected chi connectivity index (χ1v) is 11.3. The summed E-state index contributed by atoms with van der Waals surface area (Å²) >= 11 is 0. The highest BCUT2D eigenvalue weighted by atomic mass is 15.1. The highest BCUT2D eigenvalue weighted by Gasteiger charge is 2.15. The van der Waals surface area contributed by atoms with Crippen molar-refractivity contribution in [2.24, 2.45) is 0 Å². The summed E-state index contributed by atoms with van der Waals surface area (Å²) in [7, 11) is 0. The Morgan fingerprint density at radius 3 is 2.03 bits per heavy atom. The Labute approximate surface area is 196 Å². The minimum Gasteiger partial charge on any atom is -0.309 e. The maximum absolute atomic E-state index is 4.69. The fourth-order valence-corrected chi connectivity index (χ4v) is 4.85. The van der Waals surface area contributed by atoms with Crippen LogP contribution in [0.25, 0.3) is 55.5 Å². The second-order valence-corrected chi connectivity index (χ2v) is 8.44. The van der Waals surface area contributed by atoms with E-state index in [-0.39, 0.29) is 0 Å². The Morgan fingerprint density at radius 2 is 1.24 bits per heavy atom. The topological polar surface area (TPSA) is 35.6 Å². The van der Waals surface area contributed by atoms with E-state index in [1.807, 2.05) is 30.6 Å². The molecule has 0 fully saturated rings. The van der Waals surface area contributed by atoms with Gasteiger partial charge in [0.1, 0.15) is 0 Å². The third kappa shape index (κ3) is 2.86. The van der Waals surface area contributed by atoms with Crippen LogP contribution in [0.1, 0.15) is 0 Å². The SMILES string of the molecule is c1ccc(-c2cnc(-n3ccc4cc5c(cc43)c3ccccc3n5-c3ccccc3)nc2)cc1. The van der Waals surface area contributed by atoms with Crippen molar-refractivity contribution in [3.8, 4) is 22.8 Å². The van der Waals surface area contributed by atoms with E-state index in [0.717, 1.165) is 27.7 Å². The predicted molar refractivity (Wildman–Crippen MR) is 139 cm³/mol. The van der Waals surface area contributed by atoms with Crippen molar-refractivity contribution >= 4 is 32.7 Å². The van der Waals surface area contributed by atoms with Gasteiger partial charge in [-0.25, -0.2) is 9.97 Å². The van der Waals surface area contributed by atoms with Crippen LogP contribution in [0.2, 0.25) is 0 Å². The average molecular weight is 437 g/mol. The number of hydrogen-bond donors (Lipinski definition) is 0. The molecule has 4 nitrogen and oxygen atoms in total. The summed E-state index contributed by atoms with van der Waals surface area (Å²) in [5, 5.41) is 3.60. The second-order valence-electron chi connectivity index (χ2n) is 8.44. The molecule has 0 N–H and O–H groups in total. The van der Waals surface area contributed by atoms with Gasteiger partial charge >= 0.3 is 0 Å². The number of rotatable bonds is 3. The van der Waals surface area contributed by atoms with Gasteiger partial charge in [-0.2, -0.15) is 0 Å². The van der Waals surface area contributed by atoms with Crippen LogP contribution in [-0.2, 0) is 0 Å². The lowest BCUT2D eigenvalue weighted by Gasteiger charge is -2.08. The van der Waals surface area contributed by atoms with E-state index in [9.17, 15) is 0 Å². The number of fused-ring (bicyclic) bond motifs is 4. The molecule has 0 saturated heterocycles. The van der Waals surface area contributed by atoms with E-state index in [1.54, 1.807) is 0 Å². The molecule has 0 radical (unpaired) electrons. The van der Waals surface area contributed by atoms with Gasteiger partial charge in [0.25, 0.3) is 0 Å². The molecular formula is C30H20N4. The molecule has 4 heteroatoms. The first-order valence-electron chi connectivity index (χ1n) is 11.3. The zero-order valence-electron chi connectivity index (χ0n) is 18.3. The van der Waals surface area contributed by atoms with Gasteiger partial charge in [0, 0.05) is 46.0 Å². The lowest BCUT2D eigenvalue weighted by molar-refractivity contribution is 0.964. The predicted octanol–water partition coefficient (Wildman–Crippen LogP) is 7.18. The molecule has 0 bridgehead atoms. The molecule has 7 aromatic rings. The number of nitrogens with zero attached hydrogens (tertiary/aromatic N) is 4. The summed E-state index contributed by atoms with van der Waals surface area (Å²) in [5.41, 5.74) is 6.77. The van der Waals surface area contributed by atoms with Gasteiger partial charge < -0.3 is 4.57 Å². The molecule has 7 rings (SSSR count). The first-order chi connectivity index (χ1) is 16.9. The molecule has 0 unspecified atom stereocenters. The van der Waals surface area contributed by atoms with Gasteiger partial charge in [-0.3, -0.25) is 4.57 Å². The number of aromatic nitrogens is 4. The Hall–Kier alpha value is -4.70. The van der Waals surface area contributed by atoms with Crippen molar-refractivity contribution in [3.63, 3.8) is 0 Å². The quantitative estimate of drug-likeness (QED) is 0.294. The molecule has 0 aliphatic rings. The van der Waals surface area contributed by atoms with Gasteiger partial charge in [0.05, 0.1) is 16.6 Å². The summed E-state index contributed by atoms with van der Waals surface area (Å²) in [4.78, 5) is 9.38. The van der Waals surface area contributed by atoms with Crippen LogP contribution < -0.4 is 0 Å². The molecule has 3 aromatic heterocycles. The van der Waals surface area contributed by atoms with E-state index in [0.29, 0.717) is 5.95 Å². The maximum atomic E-state index is 4.69. The first kappa shape index (κ1) is 18.8. The minimum atomic E-state index is 0.667. The summed E-state index contributed by atoms with van der Waals surface area (Å²) in [6.45, 7) is 0. The molecule has 0 aliphatic carbocycles. The standard InChI is InChI=1S/C30H20N4/c1-3-9-21(10-4-1)23-19-31-30(32-20-23)33-16-15-22-17-29-26(18-28(22)33)25-13-7-8-14-27(25)34(29)24-11-5-2-6-12-24/h1-20H. The van der Waals surface area contributed by atoms with Crippen molar-refractivity contribution in [1.29, 1.82) is 0 Å². The molecule has 0 spiro atoms. The number of hydrogen-bond acceptors (Lipinski definition) is 2. The van der Waals surface area contributed by atoms with Crippen LogP contribution >= 0.6 is 0 Å². The van der Waals surface area contributed by atoms with E-state index in [2.05, 4.69) is 110 Å². The van der Waals surface area contributed by atoms with Crippen molar-refractivity contribution in [2.75, 3.05) is 0 Å². The highest BCUT2D eigenvalue weighted by molar-refractivity contribution is 6.13. The molecule has 0 atom stereocenters. The number of para-hydroxylation sites is 2. The Morgan fingerprint density at radius 1 is 0.529 bits per heavy atom. The average Bonchev–Trinajstić information content (AvgIpc) is 3.47. The van der Waals surface area contributed by atoms with E-state index in [1.165, 1.54) is 21.8 Å². The largest absolute Gasteiger partial charge is 0.309 e. The summed E-state index contributed by atoms with van der Waals surface area (Å²) in [6, 6.07) is 36.0. The molecular weight excluding hydrogens is 416 g/mol. The van der Waals surface area contributed by atoms with E-state index >= 15 is 0 Å². The zero-order valence-corrected chi connectivity index (χ0v) is 18.3. The van der Waals surface area contributed by atoms with Crippen molar-refractivity contribution in [1.82, 2.24) is 19.1 Å². The van der Waals surface area contributed by atoms with Crippen LogP contribution in [-0.4, -0.2) is 19.1 Å². The lowest BCUT2D eigenvalue weighted by atomic mass is 10.1. The summed E-state index contributed by atoms with van der Waals surface area (Å²) < 4.78 is 4.41. The molecule has 34 heavy (non-hydrogen) atoms. The third-order valence-corrected chi connectivity index (χ3v) is 6.46. The van der Waals surface area contributed by atoms with Gasteiger partial charge in [0.2, 0.25) is 5.95 Å². The minimum absolute atomic E-state index is 0.667. The van der Waals surface area contributed by atoms with Crippen molar-refractivity contribution in [2.45, 2.75) is 0 Å². The van der Waals surface area contributed by atoms with Crippen LogP contribution in [0, 0.1) is 0 Å². The van der Waals surface area contributed by atoms with Crippen LogP contribution in [0.5, 0.6) is 0 Å². The molecule has 0 saturated carbocycles. The fourth-order valence-electron chi connectivity index (χ4n) is 4.85. The van der Waals surface area contributed by atoms with Gasteiger partial charge in [0.15, 0.2) is 0 Å². The molecule has 3 heterocycles. The van der Waals surface area contributed by atoms with Gasteiger partial charge in [-0.1, -0.05) is 66.7 Å². The fraction of sp³-hybridized carbons (Fsp3) is 0. The Balaban J connectivity index is 1.43.